The molecule has 2 rings (SSSR count). The summed E-state index contributed by atoms with van der Waals surface area (Å²) in [6.07, 6.45) is 3.63. The molecular formula is C11H19N3O2S2. The number of fused-ring (bicyclic) bond motifs is 1. The first-order chi connectivity index (χ1) is 8.36. The van der Waals surface area contributed by atoms with Crippen molar-refractivity contribution in [2.75, 3.05) is 6.26 Å². The largest absolute Gasteiger partial charge is 0.257 e. The van der Waals surface area contributed by atoms with E-state index in [-0.39, 0.29) is 16.5 Å². The number of aliphatic imine (C=N–C) groups is 1. The zero-order chi connectivity index (χ0) is 13.3. The van der Waals surface area contributed by atoms with Gasteiger partial charge in [-0.15, -0.1) is 0 Å². The van der Waals surface area contributed by atoms with Crippen molar-refractivity contribution in [3.8, 4) is 0 Å². The monoisotopic (exact) mass is 289 g/mol. The summed E-state index contributed by atoms with van der Waals surface area (Å²) in [4.78, 5) is 4.57. The van der Waals surface area contributed by atoms with E-state index < -0.39 is 9.84 Å². The standard InChI is InChI=1S/C11H19N3O2S2/c1-7(2)13-14-11-12-9-5-4-8(18(3,15)16)6-10(9)17-11/h8-10H,4-6H2,1-3H3,(H,12,14). The van der Waals surface area contributed by atoms with Crippen LogP contribution in [0.3, 0.4) is 0 Å². The van der Waals surface area contributed by atoms with Crippen LogP contribution in [0.1, 0.15) is 33.1 Å². The summed E-state index contributed by atoms with van der Waals surface area (Å²) in [7, 11) is -2.92. The van der Waals surface area contributed by atoms with E-state index in [4.69, 9.17) is 0 Å². The van der Waals surface area contributed by atoms with Gasteiger partial charge in [0.05, 0.1) is 11.3 Å². The second-order valence-electron chi connectivity index (χ2n) is 5.09. The fourth-order valence-corrected chi connectivity index (χ4v) is 4.79. The Bertz CT molecular complexity index is 481. The average molecular weight is 289 g/mol. The Kier molecular flexibility index (Phi) is 4.01. The number of amidine groups is 1. The van der Waals surface area contributed by atoms with Gasteiger partial charge in [-0.3, -0.25) is 10.4 Å². The molecule has 0 aromatic carbocycles. The summed E-state index contributed by atoms with van der Waals surface area (Å²) in [5.74, 6) is 0. The predicted molar refractivity (Wildman–Crippen MR) is 77.0 cm³/mol. The summed E-state index contributed by atoms with van der Waals surface area (Å²) < 4.78 is 23.2. The topological polar surface area (TPSA) is 70.9 Å². The quantitative estimate of drug-likeness (QED) is 0.616. The van der Waals surface area contributed by atoms with Crippen LogP contribution in [0.25, 0.3) is 0 Å². The second kappa shape index (κ2) is 5.21. The molecule has 2 aliphatic rings. The highest BCUT2D eigenvalue weighted by Crippen LogP contribution is 2.38. The molecule has 0 aromatic heterocycles. The molecule has 18 heavy (non-hydrogen) atoms. The molecule has 1 aliphatic carbocycles. The third-order valence-electron chi connectivity index (χ3n) is 3.24. The van der Waals surface area contributed by atoms with E-state index in [1.807, 2.05) is 13.8 Å². The fourth-order valence-electron chi connectivity index (χ4n) is 2.28. The van der Waals surface area contributed by atoms with Crippen LogP contribution in [0.4, 0.5) is 0 Å². The van der Waals surface area contributed by atoms with Gasteiger partial charge >= 0.3 is 0 Å². The van der Waals surface area contributed by atoms with Gasteiger partial charge in [0.1, 0.15) is 9.84 Å². The lowest BCUT2D eigenvalue weighted by molar-refractivity contribution is 0.452. The van der Waals surface area contributed by atoms with Crippen molar-refractivity contribution in [2.24, 2.45) is 10.1 Å². The number of hydrogen-bond donors (Lipinski definition) is 1. The molecule has 0 amide bonds. The molecule has 1 N–H and O–H groups in total. The maximum absolute atomic E-state index is 11.6. The Morgan fingerprint density at radius 3 is 2.78 bits per heavy atom. The van der Waals surface area contributed by atoms with Crippen molar-refractivity contribution in [3.63, 3.8) is 0 Å². The van der Waals surface area contributed by atoms with Crippen molar-refractivity contribution in [2.45, 2.75) is 49.7 Å². The number of hydrazone groups is 1. The second-order valence-corrected chi connectivity index (χ2v) is 8.65. The van der Waals surface area contributed by atoms with E-state index in [9.17, 15) is 8.42 Å². The lowest BCUT2D eigenvalue weighted by Gasteiger charge is -2.28. The molecule has 1 saturated carbocycles. The van der Waals surface area contributed by atoms with Crippen molar-refractivity contribution in [1.82, 2.24) is 5.43 Å². The summed E-state index contributed by atoms with van der Waals surface area (Å²) in [5, 5.41) is 5.04. The summed E-state index contributed by atoms with van der Waals surface area (Å²) in [6, 6.07) is 0.253. The highest BCUT2D eigenvalue weighted by atomic mass is 32.2. The Morgan fingerprint density at radius 2 is 2.17 bits per heavy atom. The van der Waals surface area contributed by atoms with Gasteiger partial charge in [0.15, 0.2) is 5.17 Å². The molecule has 0 radical (unpaired) electrons. The SMILES string of the molecule is CC(C)=NNC1=NC2CCC(S(C)(=O)=O)CC2S1. The van der Waals surface area contributed by atoms with Crippen molar-refractivity contribution in [3.05, 3.63) is 0 Å². The molecule has 3 unspecified atom stereocenters. The number of hydrogen-bond acceptors (Lipinski definition) is 6. The van der Waals surface area contributed by atoms with Gasteiger partial charge in [0.2, 0.25) is 0 Å². The Hall–Kier alpha value is -0.560. The first kappa shape index (κ1) is 13.9. The number of thioether (sulfide) groups is 1. The molecule has 0 saturated heterocycles. The summed E-state index contributed by atoms with van der Waals surface area (Å²) >= 11 is 1.62. The predicted octanol–water partition coefficient (Wildman–Crippen LogP) is 1.41. The smallest absolute Gasteiger partial charge is 0.177 e. The summed E-state index contributed by atoms with van der Waals surface area (Å²) in [6.45, 7) is 3.83. The van der Waals surface area contributed by atoms with E-state index in [1.165, 1.54) is 6.26 Å². The van der Waals surface area contributed by atoms with Crippen LogP contribution >= 0.6 is 11.8 Å². The van der Waals surface area contributed by atoms with Crippen LogP contribution < -0.4 is 5.43 Å². The summed E-state index contributed by atoms with van der Waals surface area (Å²) in [5.41, 5.74) is 3.89. The molecule has 1 heterocycles. The van der Waals surface area contributed by atoms with Crippen LogP contribution in [0.2, 0.25) is 0 Å². The molecule has 0 aromatic rings. The molecule has 102 valence electrons. The molecule has 3 atom stereocenters. The minimum atomic E-state index is -2.92. The van der Waals surface area contributed by atoms with Crippen molar-refractivity contribution in [1.29, 1.82) is 0 Å². The third kappa shape index (κ3) is 3.26. The maximum Gasteiger partial charge on any atom is 0.177 e. The minimum Gasteiger partial charge on any atom is -0.257 e. The number of sulfone groups is 1. The zero-order valence-corrected chi connectivity index (χ0v) is 12.5. The molecule has 1 aliphatic heterocycles. The van der Waals surface area contributed by atoms with Crippen LogP contribution in [-0.4, -0.2) is 42.1 Å². The van der Waals surface area contributed by atoms with Gasteiger partial charge in [-0.2, -0.15) is 5.10 Å². The van der Waals surface area contributed by atoms with Gasteiger partial charge in [-0.05, 0) is 33.1 Å². The molecular weight excluding hydrogens is 270 g/mol. The minimum absolute atomic E-state index is 0.197. The number of nitrogens with zero attached hydrogens (tertiary/aromatic N) is 2. The number of nitrogens with one attached hydrogen (secondary N) is 1. The van der Waals surface area contributed by atoms with Gasteiger partial charge in [-0.1, -0.05) is 11.8 Å². The normalized spacial score (nSPS) is 31.5. The lowest BCUT2D eigenvalue weighted by Crippen LogP contribution is -2.34. The molecule has 1 fully saturated rings. The highest BCUT2D eigenvalue weighted by Gasteiger charge is 2.39. The van der Waals surface area contributed by atoms with Crippen LogP contribution in [0.15, 0.2) is 10.1 Å². The Balaban J connectivity index is 1.98. The molecule has 0 spiro atoms. The van der Waals surface area contributed by atoms with Crippen molar-refractivity contribution < 1.29 is 8.42 Å². The van der Waals surface area contributed by atoms with Crippen LogP contribution in [0, 0.1) is 0 Å². The van der Waals surface area contributed by atoms with E-state index in [0.29, 0.717) is 6.42 Å². The fraction of sp³-hybridized carbons (Fsp3) is 0.818. The average Bonchev–Trinajstić information content (AvgIpc) is 2.66. The Labute approximate surface area is 112 Å². The van der Waals surface area contributed by atoms with E-state index in [0.717, 1.165) is 23.7 Å². The maximum atomic E-state index is 11.6. The van der Waals surface area contributed by atoms with Crippen molar-refractivity contribution >= 4 is 32.5 Å². The van der Waals surface area contributed by atoms with E-state index >= 15 is 0 Å². The molecule has 0 bridgehead atoms. The first-order valence-electron chi connectivity index (χ1n) is 6.06. The highest BCUT2D eigenvalue weighted by molar-refractivity contribution is 8.14. The number of rotatable bonds is 2. The first-order valence-corrected chi connectivity index (χ1v) is 8.90. The van der Waals surface area contributed by atoms with Crippen LogP contribution in [-0.2, 0) is 9.84 Å². The lowest BCUT2D eigenvalue weighted by atomic mass is 9.95. The van der Waals surface area contributed by atoms with Gasteiger partial charge < -0.3 is 0 Å². The van der Waals surface area contributed by atoms with Gasteiger partial charge in [0.25, 0.3) is 0 Å². The van der Waals surface area contributed by atoms with Gasteiger partial charge in [0, 0.05) is 17.2 Å². The Morgan fingerprint density at radius 1 is 1.44 bits per heavy atom. The zero-order valence-electron chi connectivity index (χ0n) is 10.9. The third-order valence-corrected chi connectivity index (χ3v) is 6.10. The van der Waals surface area contributed by atoms with E-state index in [1.54, 1.807) is 11.8 Å². The van der Waals surface area contributed by atoms with Crippen LogP contribution in [0.5, 0.6) is 0 Å². The molecule has 5 nitrogen and oxygen atoms in total. The van der Waals surface area contributed by atoms with E-state index in [2.05, 4.69) is 15.5 Å². The van der Waals surface area contributed by atoms with Gasteiger partial charge in [-0.25, -0.2) is 8.42 Å². The molecule has 7 heteroatoms.